The largest absolute Gasteiger partial charge is 0.465 e. The molecule has 1 fully saturated rings. The quantitative estimate of drug-likeness (QED) is 0.809. The number of sulfonamides is 1. The Hall–Kier alpha value is -2.13. The van der Waals surface area contributed by atoms with Crippen molar-refractivity contribution in [3.05, 3.63) is 36.2 Å². The van der Waals surface area contributed by atoms with Crippen LogP contribution in [0.5, 0.6) is 0 Å². The van der Waals surface area contributed by atoms with Crippen LogP contribution in [-0.4, -0.2) is 41.3 Å². The lowest BCUT2D eigenvalue weighted by atomic mass is 9.99. The van der Waals surface area contributed by atoms with Gasteiger partial charge in [0.05, 0.1) is 18.8 Å². The van der Waals surface area contributed by atoms with Gasteiger partial charge in [0, 0.05) is 25.3 Å². The average Bonchev–Trinajstić information content (AvgIpc) is 3.29. The van der Waals surface area contributed by atoms with Crippen LogP contribution in [-0.2, 0) is 21.4 Å². The van der Waals surface area contributed by atoms with Gasteiger partial charge in [0.1, 0.15) is 11.5 Å². The molecular formula is C18H26N4O4S. The summed E-state index contributed by atoms with van der Waals surface area (Å²) in [6.07, 6.45) is 4.37. The van der Waals surface area contributed by atoms with Gasteiger partial charge in [0.2, 0.25) is 5.91 Å². The second-order valence-electron chi connectivity index (χ2n) is 7.19. The fourth-order valence-electron chi connectivity index (χ4n) is 3.14. The predicted octanol–water partition coefficient (Wildman–Crippen LogP) is 2.08. The first kappa shape index (κ1) is 19.6. The Balaban J connectivity index is 1.64. The lowest BCUT2D eigenvalue weighted by molar-refractivity contribution is -0.126. The van der Waals surface area contributed by atoms with Crippen molar-refractivity contribution in [2.75, 3.05) is 13.1 Å². The summed E-state index contributed by atoms with van der Waals surface area (Å²) in [5.41, 5.74) is 0. The Kier molecular flexibility index (Phi) is 5.71. The Bertz CT molecular complexity index is 900. The second-order valence-corrected chi connectivity index (χ2v) is 9.07. The van der Waals surface area contributed by atoms with E-state index in [1.807, 2.05) is 32.9 Å². The smallest absolute Gasteiger partial charge is 0.262 e. The standard InChI is InChI=1S/C18H26N4O4S/c1-13(2)21-11-17(20-12-21)27(24,25)22-8-4-5-15(10-22)18(23)19-9-16-7-6-14(3)26-16/h6-7,11-13,15H,4-5,8-10H2,1-3H3,(H,19,23)/t15-/m1/s1. The molecule has 1 atom stereocenters. The third-order valence-corrected chi connectivity index (χ3v) is 6.52. The number of aryl methyl sites for hydroxylation is 1. The van der Waals surface area contributed by atoms with Gasteiger partial charge in [-0.2, -0.15) is 4.31 Å². The van der Waals surface area contributed by atoms with Gasteiger partial charge in [-0.05, 0) is 45.7 Å². The summed E-state index contributed by atoms with van der Waals surface area (Å²) < 4.78 is 34.3. The van der Waals surface area contributed by atoms with Gasteiger partial charge in [-0.15, -0.1) is 0 Å². The van der Waals surface area contributed by atoms with Crippen LogP contribution in [0.1, 0.15) is 44.3 Å². The molecule has 0 unspecified atom stereocenters. The fourth-order valence-corrected chi connectivity index (χ4v) is 4.58. The van der Waals surface area contributed by atoms with Gasteiger partial charge in [0.15, 0.2) is 5.03 Å². The Morgan fingerprint density at radius 1 is 1.41 bits per heavy atom. The first-order valence-corrected chi connectivity index (χ1v) is 10.6. The van der Waals surface area contributed by atoms with Crippen molar-refractivity contribution < 1.29 is 17.6 Å². The minimum absolute atomic E-state index is 0.0309. The number of nitrogens with zero attached hydrogens (tertiary/aromatic N) is 3. The Morgan fingerprint density at radius 2 is 2.19 bits per heavy atom. The maximum atomic E-state index is 12.9. The number of amides is 1. The van der Waals surface area contributed by atoms with Crippen LogP contribution in [0.4, 0.5) is 0 Å². The van der Waals surface area contributed by atoms with Crippen LogP contribution in [0.15, 0.2) is 34.1 Å². The van der Waals surface area contributed by atoms with Crippen LogP contribution in [0.3, 0.4) is 0 Å². The molecule has 9 heteroatoms. The molecule has 1 saturated heterocycles. The van der Waals surface area contributed by atoms with E-state index in [0.717, 1.165) is 5.76 Å². The van der Waals surface area contributed by atoms with Crippen molar-refractivity contribution in [3.8, 4) is 0 Å². The number of imidazole rings is 1. The summed E-state index contributed by atoms with van der Waals surface area (Å²) in [7, 11) is -3.70. The summed E-state index contributed by atoms with van der Waals surface area (Å²) >= 11 is 0. The summed E-state index contributed by atoms with van der Waals surface area (Å²) in [5.74, 6) is 0.934. The number of hydrogen-bond donors (Lipinski definition) is 1. The highest BCUT2D eigenvalue weighted by atomic mass is 32.2. The van der Waals surface area contributed by atoms with Crippen LogP contribution < -0.4 is 5.32 Å². The molecule has 0 radical (unpaired) electrons. The molecule has 8 nitrogen and oxygen atoms in total. The molecule has 0 bridgehead atoms. The zero-order valence-electron chi connectivity index (χ0n) is 15.9. The summed E-state index contributed by atoms with van der Waals surface area (Å²) in [6, 6.07) is 3.79. The molecule has 148 valence electrons. The molecule has 3 rings (SSSR count). The van der Waals surface area contributed by atoms with Gasteiger partial charge in [-0.1, -0.05) is 0 Å². The van der Waals surface area contributed by atoms with Crippen molar-refractivity contribution in [1.82, 2.24) is 19.2 Å². The van der Waals surface area contributed by atoms with E-state index in [9.17, 15) is 13.2 Å². The summed E-state index contributed by atoms with van der Waals surface area (Å²) in [5, 5.41) is 2.87. The highest BCUT2D eigenvalue weighted by Crippen LogP contribution is 2.24. The number of hydrogen-bond acceptors (Lipinski definition) is 5. The molecule has 2 aromatic rings. The molecule has 0 aromatic carbocycles. The van der Waals surface area contributed by atoms with Crippen molar-refractivity contribution in [1.29, 1.82) is 0 Å². The zero-order valence-corrected chi connectivity index (χ0v) is 16.7. The van der Waals surface area contributed by atoms with E-state index in [-0.39, 0.29) is 29.4 Å². The number of nitrogens with one attached hydrogen (secondary N) is 1. The molecule has 0 aliphatic carbocycles. The maximum Gasteiger partial charge on any atom is 0.262 e. The second kappa shape index (κ2) is 7.85. The van der Waals surface area contributed by atoms with E-state index in [1.165, 1.54) is 10.6 Å². The van der Waals surface area contributed by atoms with Gasteiger partial charge < -0.3 is 14.3 Å². The molecule has 1 aliphatic rings. The number of rotatable bonds is 6. The zero-order chi connectivity index (χ0) is 19.6. The molecule has 1 N–H and O–H groups in total. The normalized spacial score (nSPS) is 18.7. The van der Waals surface area contributed by atoms with E-state index in [1.54, 1.807) is 10.8 Å². The van der Waals surface area contributed by atoms with E-state index in [0.29, 0.717) is 31.7 Å². The van der Waals surface area contributed by atoms with Crippen LogP contribution in [0.25, 0.3) is 0 Å². The van der Waals surface area contributed by atoms with E-state index in [4.69, 9.17) is 4.42 Å². The van der Waals surface area contributed by atoms with E-state index >= 15 is 0 Å². The average molecular weight is 394 g/mol. The van der Waals surface area contributed by atoms with Gasteiger partial charge in [-0.3, -0.25) is 4.79 Å². The summed E-state index contributed by atoms with van der Waals surface area (Å²) in [6.45, 7) is 6.63. The maximum absolute atomic E-state index is 12.9. The van der Waals surface area contributed by atoms with Gasteiger partial charge in [0.25, 0.3) is 10.0 Å². The van der Waals surface area contributed by atoms with Gasteiger partial charge in [-0.25, -0.2) is 13.4 Å². The third kappa shape index (κ3) is 4.41. The predicted molar refractivity (Wildman–Crippen MR) is 99.4 cm³/mol. The molecule has 2 aromatic heterocycles. The first-order chi connectivity index (χ1) is 12.8. The minimum Gasteiger partial charge on any atom is -0.465 e. The number of aromatic nitrogens is 2. The topological polar surface area (TPSA) is 97.4 Å². The molecule has 0 spiro atoms. The molecule has 3 heterocycles. The van der Waals surface area contributed by atoms with E-state index < -0.39 is 10.0 Å². The SMILES string of the molecule is Cc1ccc(CNC(=O)[C@@H]2CCCN(S(=O)(=O)c3cn(C(C)C)cn3)C2)o1. The van der Waals surface area contributed by atoms with Crippen LogP contribution >= 0.6 is 0 Å². The van der Waals surface area contributed by atoms with Crippen molar-refractivity contribution in [2.24, 2.45) is 5.92 Å². The highest BCUT2D eigenvalue weighted by Gasteiger charge is 2.34. The lowest BCUT2D eigenvalue weighted by Crippen LogP contribution is -2.45. The number of carbonyl (C=O) groups is 1. The molecule has 0 saturated carbocycles. The minimum atomic E-state index is -3.70. The Morgan fingerprint density at radius 3 is 2.81 bits per heavy atom. The molecular weight excluding hydrogens is 368 g/mol. The highest BCUT2D eigenvalue weighted by molar-refractivity contribution is 7.89. The summed E-state index contributed by atoms with van der Waals surface area (Å²) in [4.78, 5) is 16.5. The van der Waals surface area contributed by atoms with Crippen LogP contribution in [0, 0.1) is 12.8 Å². The lowest BCUT2D eigenvalue weighted by Gasteiger charge is -2.30. The molecule has 27 heavy (non-hydrogen) atoms. The van der Waals surface area contributed by atoms with Crippen molar-refractivity contribution >= 4 is 15.9 Å². The molecule has 1 amide bonds. The Labute approximate surface area is 159 Å². The number of furan rings is 1. The fraction of sp³-hybridized carbons (Fsp3) is 0.556. The van der Waals surface area contributed by atoms with Crippen molar-refractivity contribution in [3.63, 3.8) is 0 Å². The first-order valence-electron chi connectivity index (χ1n) is 9.14. The molecule has 1 aliphatic heterocycles. The third-order valence-electron chi connectivity index (χ3n) is 4.77. The van der Waals surface area contributed by atoms with Crippen LogP contribution in [0.2, 0.25) is 0 Å². The number of carbonyl (C=O) groups excluding carboxylic acids is 1. The van der Waals surface area contributed by atoms with Crippen molar-refractivity contribution in [2.45, 2.75) is 51.2 Å². The van der Waals surface area contributed by atoms with Gasteiger partial charge >= 0.3 is 0 Å². The van der Waals surface area contributed by atoms with E-state index in [2.05, 4.69) is 10.3 Å². The number of piperidine rings is 1. The monoisotopic (exact) mass is 394 g/mol.